The first-order valence-corrected chi connectivity index (χ1v) is 9.54. The van der Waals surface area contributed by atoms with Gasteiger partial charge in [0.05, 0.1) is 19.3 Å². The molecule has 1 saturated heterocycles. The summed E-state index contributed by atoms with van der Waals surface area (Å²) < 4.78 is 11.4. The molecule has 0 amide bonds. The normalized spacial score (nSPS) is 34.0. The maximum Gasteiger partial charge on any atom is 0.169 e. The van der Waals surface area contributed by atoms with Gasteiger partial charge in [-0.2, -0.15) is 0 Å². The van der Waals surface area contributed by atoms with Crippen molar-refractivity contribution < 1.29 is 19.4 Å². The lowest BCUT2D eigenvalue weighted by atomic mass is 9.57. The molecule has 4 heteroatoms. The van der Waals surface area contributed by atoms with Gasteiger partial charge in [-0.1, -0.05) is 48.5 Å². The molecule has 0 radical (unpaired) electrons. The highest BCUT2D eigenvalue weighted by atomic mass is 16.7. The molecule has 0 aromatic rings. The second kappa shape index (κ2) is 10.4. The Labute approximate surface area is 142 Å². The third-order valence-corrected chi connectivity index (χ3v) is 4.98. The van der Waals surface area contributed by atoms with Crippen LogP contribution in [0.1, 0.15) is 80.6 Å². The lowest BCUT2D eigenvalue weighted by molar-refractivity contribution is -0.221. The van der Waals surface area contributed by atoms with E-state index in [0.29, 0.717) is 32.5 Å². The van der Waals surface area contributed by atoms with E-state index in [0.717, 1.165) is 12.8 Å². The number of aliphatic hydroxyl groups excluding tert-OH is 1. The second-order valence-corrected chi connectivity index (χ2v) is 5.89. The van der Waals surface area contributed by atoms with Gasteiger partial charge in [0, 0.05) is 30.6 Å². The Balaban J connectivity index is 0.000000728. The summed E-state index contributed by atoms with van der Waals surface area (Å²) in [5.74, 6) is -0.356. The number of carbonyl (C=O) groups excluding carboxylic acids is 1. The standard InChI is InChI=1S/C13H20O4.3C2H6/c1-12-4-5-13(16-6-7-17-13)8-9(12)10(14)2-3-11(12)15;3*1-2/h9,11,15H,2-8H2,1H3;3*1-2H3/t9-,11+,12+;;;/m1.../s1. The predicted octanol–water partition coefficient (Wildman–Crippen LogP) is 4.34. The molecule has 3 fully saturated rings. The van der Waals surface area contributed by atoms with Crippen molar-refractivity contribution in [3.05, 3.63) is 0 Å². The van der Waals surface area contributed by atoms with Gasteiger partial charge in [-0.25, -0.2) is 0 Å². The summed E-state index contributed by atoms with van der Waals surface area (Å²) in [5.41, 5.74) is -0.268. The first kappa shape index (κ1) is 22.6. The minimum absolute atomic E-state index is 0.0990. The maximum absolute atomic E-state index is 12.1. The Morgan fingerprint density at radius 3 is 2.04 bits per heavy atom. The zero-order valence-corrected chi connectivity index (χ0v) is 16.3. The molecule has 2 aliphatic carbocycles. The fourth-order valence-electron chi connectivity index (χ4n) is 3.70. The summed E-state index contributed by atoms with van der Waals surface area (Å²) in [5, 5.41) is 10.2. The van der Waals surface area contributed by atoms with E-state index in [4.69, 9.17) is 9.47 Å². The molecule has 2 saturated carbocycles. The molecule has 3 atom stereocenters. The van der Waals surface area contributed by atoms with Crippen LogP contribution in [-0.4, -0.2) is 36.0 Å². The number of aliphatic hydroxyl groups is 1. The van der Waals surface area contributed by atoms with E-state index in [1.807, 2.05) is 48.5 Å². The molecule has 1 aliphatic heterocycles. The third kappa shape index (κ3) is 4.77. The Bertz CT molecular complexity index is 336. The van der Waals surface area contributed by atoms with Crippen LogP contribution in [0.15, 0.2) is 0 Å². The molecule has 3 aliphatic rings. The van der Waals surface area contributed by atoms with Crippen LogP contribution < -0.4 is 0 Å². The van der Waals surface area contributed by atoms with Crippen LogP contribution in [-0.2, 0) is 14.3 Å². The topological polar surface area (TPSA) is 55.8 Å². The lowest BCUT2D eigenvalue weighted by Crippen LogP contribution is -2.55. The first-order valence-electron chi connectivity index (χ1n) is 9.54. The zero-order chi connectivity index (χ0) is 18.1. The number of fused-ring (bicyclic) bond motifs is 1. The van der Waals surface area contributed by atoms with E-state index < -0.39 is 5.79 Å². The van der Waals surface area contributed by atoms with Gasteiger partial charge in [0.15, 0.2) is 5.79 Å². The van der Waals surface area contributed by atoms with E-state index in [1.54, 1.807) is 0 Å². The summed E-state index contributed by atoms with van der Waals surface area (Å²) in [6.07, 6.45) is 2.98. The van der Waals surface area contributed by atoms with E-state index in [1.165, 1.54) is 0 Å². The molecule has 1 spiro atoms. The number of rotatable bonds is 0. The summed E-state index contributed by atoms with van der Waals surface area (Å²) in [4.78, 5) is 12.1. The molecule has 4 nitrogen and oxygen atoms in total. The molecule has 1 N–H and O–H groups in total. The molecule has 0 aromatic carbocycles. The highest BCUT2D eigenvalue weighted by Crippen LogP contribution is 2.53. The van der Waals surface area contributed by atoms with Gasteiger partial charge >= 0.3 is 0 Å². The van der Waals surface area contributed by atoms with Crippen molar-refractivity contribution in [3.8, 4) is 0 Å². The van der Waals surface area contributed by atoms with E-state index in [-0.39, 0.29) is 23.2 Å². The van der Waals surface area contributed by atoms with Gasteiger partial charge in [0.1, 0.15) is 5.78 Å². The molecular formula is C19H38O4. The third-order valence-electron chi connectivity index (χ3n) is 4.98. The molecular weight excluding hydrogens is 292 g/mol. The largest absolute Gasteiger partial charge is 0.393 e. The van der Waals surface area contributed by atoms with Gasteiger partial charge in [-0.05, 0) is 12.8 Å². The van der Waals surface area contributed by atoms with Gasteiger partial charge < -0.3 is 14.6 Å². The van der Waals surface area contributed by atoms with Crippen molar-refractivity contribution >= 4 is 5.78 Å². The van der Waals surface area contributed by atoms with Gasteiger partial charge in [-0.3, -0.25) is 4.79 Å². The Morgan fingerprint density at radius 1 is 1.00 bits per heavy atom. The molecule has 0 aromatic heterocycles. The van der Waals surface area contributed by atoms with Crippen LogP contribution in [0.4, 0.5) is 0 Å². The van der Waals surface area contributed by atoms with Crippen molar-refractivity contribution in [2.24, 2.45) is 11.3 Å². The van der Waals surface area contributed by atoms with Crippen LogP contribution in [0, 0.1) is 11.3 Å². The highest BCUT2D eigenvalue weighted by molar-refractivity contribution is 5.83. The number of carbonyl (C=O) groups is 1. The van der Waals surface area contributed by atoms with E-state index >= 15 is 0 Å². The summed E-state index contributed by atoms with van der Waals surface area (Å²) in [6.45, 7) is 15.3. The molecule has 1 heterocycles. The molecule has 3 rings (SSSR count). The van der Waals surface area contributed by atoms with Gasteiger partial charge in [-0.15, -0.1) is 0 Å². The summed E-state index contributed by atoms with van der Waals surface area (Å²) >= 11 is 0. The van der Waals surface area contributed by atoms with Crippen LogP contribution in [0.3, 0.4) is 0 Å². The maximum atomic E-state index is 12.1. The molecule has 138 valence electrons. The van der Waals surface area contributed by atoms with Gasteiger partial charge in [0.2, 0.25) is 0 Å². The number of ether oxygens (including phenoxy) is 2. The van der Waals surface area contributed by atoms with Crippen molar-refractivity contribution in [2.75, 3.05) is 13.2 Å². The molecule has 0 unspecified atom stereocenters. The number of hydrogen-bond acceptors (Lipinski definition) is 4. The second-order valence-electron chi connectivity index (χ2n) is 5.89. The van der Waals surface area contributed by atoms with Crippen LogP contribution in [0.5, 0.6) is 0 Å². The highest BCUT2D eigenvalue weighted by Gasteiger charge is 2.56. The fourth-order valence-corrected chi connectivity index (χ4v) is 3.70. The average Bonchev–Trinajstić information content (AvgIpc) is 3.07. The zero-order valence-electron chi connectivity index (χ0n) is 16.3. The summed E-state index contributed by atoms with van der Waals surface area (Å²) in [7, 11) is 0. The van der Waals surface area contributed by atoms with E-state index in [9.17, 15) is 9.90 Å². The Kier molecular flexibility index (Phi) is 10.2. The SMILES string of the molecule is CC.CC.CC.C[C@]12CCC3(C[C@@H]1C(=O)CC[C@@H]2O)OCCO3. The minimum Gasteiger partial charge on any atom is -0.393 e. The van der Waals surface area contributed by atoms with Crippen LogP contribution >= 0.6 is 0 Å². The quantitative estimate of drug-likeness (QED) is 0.718. The average molecular weight is 331 g/mol. The number of ketones is 1. The number of hydrogen-bond donors (Lipinski definition) is 1. The minimum atomic E-state index is -0.531. The molecule has 23 heavy (non-hydrogen) atoms. The van der Waals surface area contributed by atoms with Crippen LogP contribution in [0.2, 0.25) is 0 Å². The fraction of sp³-hybridized carbons (Fsp3) is 0.947. The molecule has 0 bridgehead atoms. The first-order chi connectivity index (χ1) is 11.1. The number of Topliss-reactive ketones (excluding diaryl/α,β-unsaturated/α-hetero) is 1. The Morgan fingerprint density at radius 2 is 1.52 bits per heavy atom. The smallest absolute Gasteiger partial charge is 0.169 e. The van der Waals surface area contributed by atoms with Crippen molar-refractivity contribution in [2.45, 2.75) is 92.5 Å². The lowest BCUT2D eigenvalue weighted by Gasteiger charge is -2.51. The van der Waals surface area contributed by atoms with Crippen molar-refractivity contribution in [1.29, 1.82) is 0 Å². The monoisotopic (exact) mass is 330 g/mol. The summed E-state index contributed by atoms with van der Waals surface area (Å²) in [6, 6.07) is 0. The van der Waals surface area contributed by atoms with Gasteiger partial charge in [0.25, 0.3) is 0 Å². The van der Waals surface area contributed by atoms with E-state index in [2.05, 4.69) is 0 Å². The van der Waals surface area contributed by atoms with Crippen molar-refractivity contribution in [3.63, 3.8) is 0 Å². The van der Waals surface area contributed by atoms with Crippen molar-refractivity contribution in [1.82, 2.24) is 0 Å². The predicted molar refractivity (Wildman–Crippen MR) is 94.4 cm³/mol. The Hall–Kier alpha value is -0.450. The van der Waals surface area contributed by atoms with Crippen LogP contribution in [0.25, 0.3) is 0 Å².